The summed E-state index contributed by atoms with van der Waals surface area (Å²) < 4.78 is 11.8. The van der Waals surface area contributed by atoms with Crippen molar-refractivity contribution in [2.75, 3.05) is 33.0 Å². The van der Waals surface area contributed by atoms with Crippen LogP contribution in [-0.2, 0) is 6.54 Å². The number of nitrogens with one attached hydrogen (secondary N) is 2. The number of ether oxygens (including phenoxy) is 2. The van der Waals surface area contributed by atoms with Crippen LogP contribution in [-0.4, -0.2) is 53.3 Å². The van der Waals surface area contributed by atoms with Gasteiger partial charge >= 0.3 is 5.69 Å². The predicted octanol–water partition coefficient (Wildman–Crippen LogP) is 1.68. The number of benzene rings is 2. The maximum absolute atomic E-state index is 13.0. The number of fused-ring (bicyclic) bond motifs is 2. The molecule has 0 saturated carbocycles. The lowest BCUT2D eigenvalue weighted by molar-refractivity contribution is 0.0952. The second kappa shape index (κ2) is 9.11. The number of carbonyl (C=O) groups is 1. The summed E-state index contributed by atoms with van der Waals surface area (Å²) >= 11 is 0. The van der Waals surface area contributed by atoms with Crippen molar-refractivity contribution in [3.63, 3.8) is 0 Å². The van der Waals surface area contributed by atoms with Gasteiger partial charge < -0.3 is 24.7 Å². The molecule has 2 aromatic carbocycles. The molecule has 2 aliphatic heterocycles. The lowest BCUT2D eigenvalue weighted by Gasteiger charge is -2.14. The number of carbonyl (C=O) groups excluding carboxylic acids is 1. The monoisotopic (exact) mass is 450 g/mol. The molecule has 1 fully saturated rings. The molecule has 0 spiro atoms. The Balaban J connectivity index is 1.30. The number of amides is 1. The largest absolute Gasteiger partial charge is 0.454 e. The average Bonchev–Trinajstić information content (AvgIpc) is 3.50. The fourth-order valence-electron chi connectivity index (χ4n) is 4.37. The molecule has 9 nitrogen and oxygen atoms in total. The van der Waals surface area contributed by atoms with E-state index in [1.54, 1.807) is 36.4 Å². The highest BCUT2D eigenvalue weighted by molar-refractivity contribution is 5.97. The minimum atomic E-state index is -0.534. The van der Waals surface area contributed by atoms with Crippen LogP contribution >= 0.6 is 0 Å². The van der Waals surface area contributed by atoms with Gasteiger partial charge in [-0.3, -0.25) is 14.2 Å². The Kier molecular flexibility index (Phi) is 5.87. The second-order valence-corrected chi connectivity index (χ2v) is 8.43. The van der Waals surface area contributed by atoms with Crippen LogP contribution in [0.2, 0.25) is 0 Å². The predicted molar refractivity (Wildman–Crippen MR) is 123 cm³/mol. The van der Waals surface area contributed by atoms with Gasteiger partial charge in [0.05, 0.1) is 17.4 Å². The average molecular weight is 450 g/mol. The highest BCUT2D eigenvalue weighted by Crippen LogP contribution is 2.32. The SMILES string of the molecule is O=C(NCCCN1CCCC1)c1ccc2c(=O)n(Cc3ccc4c(c3)OCO4)c(=O)[nH]c2c1. The molecule has 0 unspecified atom stereocenters. The molecular formula is C24H26N4O5. The number of aromatic amines is 1. The third kappa shape index (κ3) is 4.49. The molecule has 0 atom stereocenters. The summed E-state index contributed by atoms with van der Waals surface area (Å²) in [6.07, 6.45) is 3.39. The van der Waals surface area contributed by atoms with E-state index in [4.69, 9.17) is 9.47 Å². The van der Waals surface area contributed by atoms with Crippen molar-refractivity contribution >= 4 is 16.8 Å². The van der Waals surface area contributed by atoms with Crippen LogP contribution < -0.4 is 26.0 Å². The number of nitrogens with zero attached hydrogens (tertiary/aromatic N) is 2. The summed E-state index contributed by atoms with van der Waals surface area (Å²) in [5.41, 5.74) is 0.553. The van der Waals surface area contributed by atoms with E-state index < -0.39 is 11.2 Å². The summed E-state index contributed by atoms with van der Waals surface area (Å²) in [4.78, 5) is 43.3. The van der Waals surface area contributed by atoms with E-state index in [9.17, 15) is 14.4 Å². The van der Waals surface area contributed by atoms with Gasteiger partial charge in [-0.2, -0.15) is 0 Å². The van der Waals surface area contributed by atoms with Crippen LogP contribution in [0.25, 0.3) is 10.9 Å². The van der Waals surface area contributed by atoms with Gasteiger partial charge in [0.25, 0.3) is 11.5 Å². The molecule has 2 N–H and O–H groups in total. The Morgan fingerprint density at radius 2 is 1.85 bits per heavy atom. The van der Waals surface area contributed by atoms with E-state index in [1.807, 2.05) is 0 Å². The molecule has 33 heavy (non-hydrogen) atoms. The molecule has 0 aliphatic carbocycles. The molecule has 1 aromatic heterocycles. The van der Waals surface area contributed by atoms with Crippen molar-refractivity contribution in [2.45, 2.75) is 25.8 Å². The maximum Gasteiger partial charge on any atom is 0.329 e. The summed E-state index contributed by atoms with van der Waals surface area (Å²) in [5.74, 6) is 1.01. The number of aromatic nitrogens is 2. The highest BCUT2D eigenvalue weighted by atomic mass is 16.7. The molecule has 1 amide bonds. The Bertz CT molecular complexity index is 1310. The first-order valence-corrected chi connectivity index (χ1v) is 11.2. The first kappa shape index (κ1) is 21.3. The van der Waals surface area contributed by atoms with Gasteiger partial charge in [0.15, 0.2) is 11.5 Å². The van der Waals surface area contributed by atoms with Gasteiger partial charge in [0, 0.05) is 12.1 Å². The maximum atomic E-state index is 13.0. The molecule has 3 aromatic rings. The van der Waals surface area contributed by atoms with E-state index >= 15 is 0 Å². The van der Waals surface area contributed by atoms with Crippen molar-refractivity contribution in [1.82, 2.24) is 19.8 Å². The van der Waals surface area contributed by atoms with Crippen molar-refractivity contribution in [1.29, 1.82) is 0 Å². The topological polar surface area (TPSA) is 106 Å². The Hall–Kier alpha value is -3.59. The molecule has 2 aliphatic rings. The molecule has 5 rings (SSSR count). The van der Waals surface area contributed by atoms with Gasteiger partial charge in [0.1, 0.15) is 0 Å². The number of H-pyrrole nitrogens is 1. The number of likely N-dealkylation sites (tertiary alicyclic amines) is 1. The summed E-state index contributed by atoms with van der Waals surface area (Å²) in [6, 6.07) is 10.1. The van der Waals surface area contributed by atoms with Crippen LogP contribution in [0.1, 0.15) is 35.2 Å². The third-order valence-electron chi connectivity index (χ3n) is 6.16. The fourth-order valence-corrected chi connectivity index (χ4v) is 4.37. The minimum Gasteiger partial charge on any atom is -0.454 e. The fraction of sp³-hybridized carbons (Fsp3) is 0.375. The van der Waals surface area contributed by atoms with Gasteiger partial charge in [0.2, 0.25) is 6.79 Å². The van der Waals surface area contributed by atoms with Crippen LogP contribution in [0.4, 0.5) is 0 Å². The summed E-state index contributed by atoms with van der Waals surface area (Å²) in [6.45, 7) is 4.09. The van der Waals surface area contributed by atoms with Crippen molar-refractivity contribution in [3.05, 3.63) is 68.4 Å². The van der Waals surface area contributed by atoms with E-state index in [0.29, 0.717) is 34.5 Å². The van der Waals surface area contributed by atoms with Gasteiger partial charge in [-0.05, 0) is 74.8 Å². The molecule has 0 bridgehead atoms. The Morgan fingerprint density at radius 3 is 2.70 bits per heavy atom. The molecule has 9 heteroatoms. The zero-order chi connectivity index (χ0) is 22.8. The van der Waals surface area contributed by atoms with Crippen LogP contribution in [0, 0.1) is 0 Å². The number of rotatable bonds is 7. The first-order valence-electron chi connectivity index (χ1n) is 11.2. The molecule has 172 valence electrons. The van der Waals surface area contributed by atoms with E-state index in [2.05, 4.69) is 15.2 Å². The zero-order valence-corrected chi connectivity index (χ0v) is 18.3. The molecular weight excluding hydrogens is 424 g/mol. The van der Waals surface area contributed by atoms with Crippen LogP contribution in [0.3, 0.4) is 0 Å². The van der Waals surface area contributed by atoms with E-state index in [-0.39, 0.29) is 19.2 Å². The lowest BCUT2D eigenvalue weighted by Crippen LogP contribution is -2.35. The summed E-state index contributed by atoms with van der Waals surface area (Å²) in [5, 5.41) is 3.27. The Labute approximate surface area is 189 Å². The standard InChI is InChI=1S/C24H26N4O5/c29-22(25-8-3-11-27-9-1-2-10-27)17-5-6-18-19(13-17)26-24(31)28(23(18)30)14-16-4-7-20-21(12-16)33-15-32-20/h4-7,12-13H,1-3,8-11,14-15H2,(H,25,29)(H,26,31). The molecule has 3 heterocycles. The Morgan fingerprint density at radius 1 is 1.03 bits per heavy atom. The van der Waals surface area contributed by atoms with Gasteiger partial charge in [-0.15, -0.1) is 0 Å². The second-order valence-electron chi connectivity index (χ2n) is 8.43. The van der Waals surface area contributed by atoms with Gasteiger partial charge in [-0.1, -0.05) is 6.07 Å². The summed E-state index contributed by atoms with van der Waals surface area (Å²) in [7, 11) is 0. The number of hydrogen-bond acceptors (Lipinski definition) is 6. The quantitative estimate of drug-likeness (QED) is 0.531. The van der Waals surface area contributed by atoms with Crippen molar-refractivity contribution in [2.24, 2.45) is 0 Å². The molecule has 0 radical (unpaired) electrons. The minimum absolute atomic E-state index is 0.0972. The van der Waals surface area contributed by atoms with Crippen LogP contribution in [0.15, 0.2) is 46.0 Å². The lowest BCUT2D eigenvalue weighted by atomic mass is 10.1. The zero-order valence-electron chi connectivity index (χ0n) is 18.3. The number of hydrogen-bond donors (Lipinski definition) is 2. The van der Waals surface area contributed by atoms with E-state index in [1.165, 1.54) is 12.8 Å². The van der Waals surface area contributed by atoms with E-state index in [0.717, 1.165) is 36.2 Å². The van der Waals surface area contributed by atoms with Crippen LogP contribution in [0.5, 0.6) is 11.5 Å². The van der Waals surface area contributed by atoms with Crippen molar-refractivity contribution in [3.8, 4) is 11.5 Å². The highest BCUT2D eigenvalue weighted by Gasteiger charge is 2.16. The smallest absolute Gasteiger partial charge is 0.329 e. The van der Waals surface area contributed by atoms with Gasteiger partial charge in [-0.25, -0.2) is 4.79 Å². The third-order valence-corrected chi connectivity index (χ3v) is 6.16. The first-order chi connectivity index (χ1) is 16.1. The normalized spacial score (nSPS) is 15.3. The van der Waals surface area contributed by atoms with Crippen molar-refractivity contribution < 1.29 is 14.3 Å². The molecule has 1 saturated heterocycles.